The molecular weight excluding hydrogens is 318 g/mol. The van der Waals surface area contributed by atoms with Gasteiger partial charge in [0.05, 0.1) is 6.61 Å². The molecule has 0 bridgehead atoms. The molecule has 0 aliphatic heterocycles. The summed E-state index contributed by atoms with van der Waals surface area (Å²) in [7, 11) is 3.48. The highest BCUT2D eigenvalue weighted by atomic mass is 79.9. The maximum absolute atomic E-state index is 13.6. The quantitative estimate of drug-likeness (QED) is 0.738. The highest BCUT2D eigenvalue weighted by molar-refractivity contribution is 9.10. The second kappa shape index (κ2) is 8.58. The van der Waals surface area contributed by atoms with Crippen LogP contribution in [0.3, 0.4) is 0 Å². The average molecular weight is 337 g/mol. The molecule has 0 aromatic heterocycles. The lowest BCUT2D eigenvalue weighted by molar-refractivity contribution is 0.197. The van der Waals surface area contributed by atoms with Crippen LogP contribution in [-0.2, 0) is 11.3 Å². The summed E-state index contributed by atoms with van der Waals surface area (Å²) < 4.78 is 32.6. The van der Waals surface area contributed by atoms with Crippen LogP contribution in [0.1, 0.15) is 5.56 Å². The molecule has 1 N–H and O–H groups in total. The monoisotopic (exact) mass is 336 g/mol. The van der Waals surface area contributed by atoms with E-state index in [1.54, 1.807) is 7.11 Å². The Balaban J connectivity index is 2.42. The lowest BCUT2D eigenvalue weighted by atomic mass is 10.2. The Bertz CT molecular complexity index is 381. The number of likely N-dealkylation sites (N-methyl/N-ethyl adjacent to an activating group) is 1. The first kappa shape index (κ1) is 16.5. The van der Waals surface area contributed by atoms with Crippen LogP contribution in [-0.4, -0.2) is 45.3 Å². The minimum absolute atomic E-state index is 0.0996. The summed E-state index contributed by atoms with van der Waals surface area (Å²) in [5, 5.41) is 3.18. The average Bonchev–Trinajstić information content (AvgIpc) is 2.33. The van der Waals surface area contributed by atoms with Crippen molar-refractivity contribution in [2.45, 2.75) is 6.54 Å². The highest BCUT2D eigenvalue weighted by Gasteiger charge is 2.12. The summed E-state index contributed by atoms with van der Waals surface area (Å²) in [6, 6.07) is 2.56. The highest BCUT2D eigenvalue weighted by Crippen LogP contribution is 2.20. The van der Waals surface area contributed by atoms with Crippen molar-refractivity contribution >= 4 is 15.9 Å². The van der Waals surface area contributed by atoms with Crippen LogP contribution in [0.4, 0.5) is 8.78 Å². The first-order chi connectivity index (χ1) is 9.04. The predicted molar refractivity (Wildman–Crippen MR) is 75.1 cm³/mol. The van der Waals surface area contributed by atoms with Crippen LogP contribution in [0, 0.1) is 11.6 Å². The Morgan fingerprint density at radius 2 is 1.89 bits per heavy atom. The standard InChI is InChI=1S/C13H19BrF2N2O/c1-18(5-3-17-4-6-19-2)9-11-12(15)7-10(14)8-13(11)16/h7-8,17H,3-6,9H2,1-2H3. The number of benzene rings is 1. The number of rotatable bonds is 8. The van der Waals surface area contributed by atoms with Crippen LogP contribution in [0.25, 0.3) is 0 Å². The minimum atomic E-state index is -0.522. The molecule has 3 nitrogen and oxygen atoms in total. The number of ether oxygens (including phenoxy) is 1. The minimum Gasteiger partial charge on any atom is -0.383 e. The van der Waals surface area contributed by atoms with Gasteiger partial charge in [-0.25, -0.2) is 8.78 Å². The van der Waals surface area contributed by atoms with Gasteiger partial charge in [-0.2, -0.15) is 0 Å². The van der Waals surface area contributed by atoms with Gasteiger partial charge in [-0.1, -0.05) is 15.9 Å². The van der Waals surface area contributed by atoms with Crippen molar-refractivity contribution in [3.05, 3.63) is 33.8 Å². The molecule has 0 saturated heterocycles. The first-order valence-corrected chi connectivity index (χ1v) is 6.85. The van der Waals surface area contributed by atoms with Gasteiger partial charge in [-0.05, 0) is 19.2 Å². The number of methoxy groups -OCH3 is 1. The molecule has 0 saturated carbocycles. The fourth-order valence-corrected chi connectivity index (χ4v) is 2.04. The predicted octanol–water partition coefficient (Wildman–Crippen LogP) is 2.40. The third-order valence-electron chi connectivity index (χ3n) is 2.69. The van der Waals surface area contributed by atoms with Gasteiger partial charge < -0.3 is 15.0 Å². The van der Waals surface area contributed by atoms with E-state index in [1.165, 1.54) is 12.1 Å². The molecule has 0 heterocycles. The van der Waals surface area contributed by atoms with Crippen molar-refractivity contribution in [1.29, 1.82) is 0 Å². The van der Waals surface area contributed by atoms with Crippen LogP contribution in [0.2, 0.25) is 0 Å². The van der Waals surface area contributed by atoms with Gasteiger partial charge in [0.2, 0.25) is 0 Å². The van der Waals surface area contributed by atoms with Gasteiger partial charge in [0.15, 0.2) is 0 Å². The van der Waals surface area contributed by atoms with Crippen LogP contribution in [0.5, 0.6) is 0 Å². The van der Waals surface area contributed by atoms with Crippen LogP contribution < -0.4 is 5.32 Å². The Morgan fingerprint density at radius 3 is 2.47 bits per heavy atom. The number of hydrogen-bond donors (Lipinski definition) is 1. The zero-order valence-electron chi connectivity index (χ0n) is 11.2. The van der Waals surface area contributed by atoms with E-state index in [-0.39, 0.29) is 12.1 Å². The van der Waals surface area contributed by atoms with Gasteiger partial charge in [0.1, 0.15) is 11.6 Å². The van der Waals surface area contributed by atoms with Gasteiger partial charge in [-0.15, -0.1) is 0 Å². The number of halogens is 3. The van der Waals surface area contributed by atoms with Crippen molar-refractivity contribution in [1.82, 2.24) is 10.2 Å². The van der Waals surface area contributed by atoms with E-state index in [4.69, 9.17) is 4.74 Å². The Hall–Kier alpha value is -0.560. The molecule has 0 unspecified atom stereocenters. The molecule has 0 amide bonds. The number of nitrogens with zero attached hydrogens (tertiary/aromatic N) is 1. The smallest absolute Gasteiger partial charge is 0.131 e. The molecule has 6 heteroatoms. The fraction of sp³-hybridized carbons (Fsp3) is 0.538. The lowest BCUT2D eigenvalue weighted by Crippen LogP contribution is -2.31. The Kier molecular flexibility index (Phi) is 7.45. The van der Waals surface area contributed by atoms with E-state index in [0.717, 1.165) is 13.1 Å². The molecule has 0 aliphatic carbocycles. The molecule has 0 fully saturated rings. The second-order valence-corrected chi connectivity index (χ2v) is 5.24. The number of hydrogen-bond acceptors (Lipinski definition) is 3. The zero-order valence-corrected chi connectivity index (χ0v) is 12.8. The molecule has 0 spiro atoms. The third kappa shape index (κ3) is 5.95. The summed E-state index contributed by atoms with van der Waals surface area (Å²) in [5.74, 6) is -1.04. The molecule has 1 rings (SSSR count). The van der Waals surface area contributed by atoms with E-state index in [9.17, 15) is 8.78 Å². The zero-order chi connectivity index (χ0) is 14.3. The maximum atomic E-state index is 13.6. The first-order valence-electron chi connectivity index (χ1n) is 6.06. The second-order valence-electron chi connectivity index (χ2n) is 4.33. The molecule has 1 aromatic carbocycles. The van der Waals surface area contributed by atoms with Crippen molar-refractivity contribution in [3.63, 3.8) is 0 Å². The SMILES string of the molecule is COCCNCCN(C)Cc1c(F)cc(Br)cc1F. The molecular formula is C13H19BrF2N2O. The van der Waals surface area contributed by atoms with Crippen molar-refractivity contribution in [2.24, 2.45) is 0 Å². The lowest BCUT2D eigenvalue weighted by Gasteiger charge is -2.18. The largest absolute Gasteiger partial charge is 0.383 e. The maximum Gasteiger partial charge on any atom is 0.131 e. The topological polar surface area (TPSA) is 24.5 Å². The van der Waals surface area contributed by atoms with Gasteiger partial charge >= 0.3 is 0 Å². The molecule has 19 heavy (non-hydrogen) atoms. The molecule has 0 aliphatic rings. The Morgan fingerprint density at radius 1 is 1.26 bits per heavy atom. The van der Waals surface area contributed by atoms with Crippen molar-refractivity contribution in [3.8, 4) is 0 Å². The van der Waals surface area contributed by atoms with E-state index in [0.29, 0.717) is 17.6 Å². The van der Waals surface area contributed by atoms with E-state index in [1.807, 2.05) is 11.9 Å². The summed E-state index contributed by atoms with van der Waals surface area (Å²) in [4.78, 5) is 1.87. The molecule has 1 aromatic rings. The molecule has 108 valence electrons. The van der Waals surface area contributed by atoms with Crippen molar-refractivity contribution < 1.29 is 13.5 Å². The van der Waals surface area contributed by atoms with E-state index < -0.39 is 11.6 Å². The Labute approximate surface area is 121 Å². The van der Waals surface area contributed by atoms with E-state index >= 15 is 0 Å². The van der Waals surface area contributed by atoms with Crippen LogP contribution in [0.15, 0.2) is 16.6 Å². The number of nitrogens with one attached hydrogen (secondary N) is 1. The summed E-state index contributed by atoms with van der Waals surface area (Å²) in [6.45, 7) is 3.13. The summed E-state index contributed by atoms with van der Waals surface area (Å²) in [5.41, 5.74) is 0.0996. The van der Waals surface area contributed by atoms with Gasteiger partial charge in [0.25, 0.3) is 0 Å². The summed E-state index contributed by atoms with van der Waals surface area (Å²) in [6.07, 6.45) is 0. The van der Waals surface area contributed by atoms with Crippen LogP contribution >= 0.6 is 15.9 Å². The normalized spacial score (nSPS) is 11.3. The van der Waals surface area contributed by atoms with Gasteiger partial charge in [-0.3, -0.25) is 0 Å². The molecule has 0 atom stereocenters. The van der Waals surface area contributed by atoms with E-state index in [2.05, 4.69) is 21.2 Å². The third-order valence-corrected chi connectivity index (χ3v) is 3.14. The summed E-state index contributed by atoms with van der Waals surface area (Å²) >= 11 is 3.06. The van der Waals surface area contributed by atoms with Gasteiger partial charge in [0, 0.05) is 43.3 Å². The fourth-order valence-electron chi connectivity index (χ4n) is 1.64. The van der Waals surface area contributed by atoms with Crippen molar-refractivity contribution in [2.75, 3.05) is 40.4 Å². The molecule has 0 radical (unpaired) electrons.